The van der Waals surface area contributed by atoms with Crippen molar-refractivity contribution in [3.05, 3.63) is 34.3 Å². The first-order chi connectivity index (χ1) is 9.10. The number of carbonyl (C=O) groups excluding carboxylic acids is 1. The number of halogens is 2. The fourth-order valence-electron chi connectivity index (χ4n) is 2.07. The summed E-state index contributed by atoms with van der Waals surface area (Å²) in [5, 5.41) is 4.51. The van der Waals surface area contributed by atoms with Crippen molar-refractivity contribution in [2.45, 2.75) is 33.1 Å². The highest BCUT2D eigenvalue weighted by atomic mass is 79.9. The number of hydrogen-bond donors (Lipinski definition) is 1. The van der Waals surface area contributed by atoms with Crippen molar-refractivity contribution in [3.63, 3.8) is 0 Å². The van der Waals surface area contributed by atoms with Crippen LogP contribution in [0, 0.1) is 12.8 Å². The fourth-order valence-corrected chi connectivity index (χ4v) is 2.93. The SMILES string of the molecule is CCCC(CCBr)CNC(=O)c1cccc(C)c1Cl. The minimum Gasteiger partial charge on any atom is -0.352 e. The standard InChI is InChI=1S/C15H21BrClNO/c1-3-5-12(8-9-16)10-18-15(19)13-7-4-6-11(2)14(13)17/h4,6-7,12H,3,5,8-10H2,1-2H3,(H,18,19). The van der Waals surface area contributed by atoms with Crippen molar-refractivity contribution in [3.8, 4) is 0 Å². The van der Waals surface area contributed by atoms with E-state index in [0.717, 1.165) is 30.2 Å². The van der Waals surface area contributed by atoms with Gasteiger partial charge in [0.15, 0.2) is 0 Å². The number of amides is 1. The Bertz CT molecular complexity index is 417. The molecule has 4 heteroatoms. The monoisotopic (exact) mass is 345 g/mol. The van der Waals surface area contributed by atoms with Crippen LogP contribution in [-0.4, -0.2) is 17.8 Å². The molecule has 19 heavy (non-hydrogen) atoms. The molecule has 1 atom stereocenters. The van der Waals surface area contributed by atoms with E-state index in [9.17, 15) is 4.79 Å². The summed E-state index contributed by atoms with van der Waals surface area (Å²) in [6, 6.07) is 5.53. The van der Waals surface area contributed by atoms with E-state index in [4.69, 9.17) is 11.6 Å². The lowest BCUT2D eigenvalue weighted by Crippen LogP contribution is -2.29. The summed E-state index contributed by atoms with van der Waals surface area (Å²) < 4.78 is 0. The minimum absolute atomic E-state index is 0.0793. The van der Waals surface area contributed by atoms with E-state index in [1.165, 1.54) is 0 Å². The third kappa shape index (κ3) is 5.15. The van der Waals surface area contributed by atoms with Crippen LogP contribution in [0.1, 0.15) is 42.1 Å². The molecule has 1 unspecified atom stereocenters. The minimum atomic E-state index is -0.0793. The van der Waals surface area contributed by atoms with Crippen molar-refractivity contribution in [1.29, 1.82) is 0 Å². The summed E-state index contributed by atoms with van der Waals surface area (Å²) in [6.45, 7) is 4.78. The molecular formula is C15H21BrClNO. The molecule has 1 aromatic carbocycles. The number of rotatable bonds is 7. The predicted octanol–water partition coefficient (Wildman–Crippen LogP) is 4.58. The molecule has 0 radical (unpaired) electrons. The highest BCUT2D eigenvalue weighted by Gasteiger charge is 2.13. The Morgan fingerprint density at radius 1 is 1.42 bits per heavy atom. The van der Waals surface area contributed by atoms with E-state index in [1.807, 2.05) is 19.1 Å². The van der Waals surface area contributed by atoms with E-state index >= 15 is 0 Å². The predicted molar refractivity (Wildman–Crippen MR) is 85.3 cm³/mol. The maximum atomic E-state index is 12.1. The summed E-state index contributed by atoms with van der Waals surface area (Å²) in [5.41, 5.74) is 1.50. The van der Waals surface area contributed by atoms with Gasteiger partial charge in [-0.05, 0) is 37.3 Å². The zero-order valence-electron chi connectivity index (χ0n) is 11.5. The Kier molecular flexibility index (Phi) is 7.47. The van der Waals surface area contributed by atoms with Gasteiger partial charge in [-0.2, -0.15) is 0 Å². The van der Waals surface area contributed by atoms with Gasteiger partial charge in [0.05, 0.1) is 10.6 Å². The van der Waals surface area contributed by atoms with Gasteiger partial charge in [-0.25, -0.2) is 0 Å². The highest BCUT2D eigenvalue weighted by molar-refractivity contribution is 9.09. The van der Waals surface area contributed by atoms with Gasteiger partial charge in [0.1, 0.15) is 0 Å². The molecule has 1 rings (SSSR count). The molecule has 1 N–H and O–H groups in total. The molecule has 2 nitrogen and oxygen atoms in total. The number of benzene rings is 1. The third-order valence-electron chi connectivity index (χ3n) is 3.20. The molecule has 0 spiro atoms. The molecule has 0 heterocycles. The zero-order valence-corrected chi connectivity index (χ0v) is 13.9. The molecular weight excluding hydrogens is 326 g/mol. The van der Waals surface area contributed by atoms with Gasteiger partial charge in [-0.1, -0.05) is 53.0 Å². The van der Waals surface area contributed by atoms with Crippen molar-refractivity contribution < 1.29 is 4.79 Å². The molecule has 0 saturated carbocycles. The van der Waals surface area contributed by atoms with Gasteiger partial charge in [0.2, 0.25) is 0 Å². The highest BCUT2D eigenvalue weighted by Crippen LogP contribution is 2.20. The second kappa shape index (κ2) is 8.60. The van der Waals surface area contributed by atoms with Crippen LogP contribution in [0.2, 0.25) is 5.02 Å². The van der Waals surface area contributed by atoms with E-state index in [2.05, 4.69) is 28.2 Å². The first kappa shape index (κ1) is 16.5. The van der Waals surface area contributed by atoms with Gasteiger partial charge in [-0.3, -0.25) is 4.79 Å². The van der Waals surface area contributed by atoms with Crippen molar-refractivity contribution in [1.82, 2.24) is 5.32 Å². The molecule has 1 amide bonds. The van der Waals surface area contributed by atoms with Crippen LogP contribution in [0.5, 0.6) is 0 Å². The lowest BCUT2D eigenvalue weighted by Gasteiger charge is -2.16. The Morgan fingerprint density at radius 2 is 2.16 bits per heavy atom. The smallest absolute Gasteiger partial charge is 0.252 e. The molecule has 0 aliphatic carbocycles. The van der Waals surface area contributed by atoms with Crippen LogP contribution in [0.4, 0.5) is 0 Å². The molecule has 0 bridgehead atoms. The van der Waals surface area contributed by atoms with Gasteiger partial charge in [0, 0.05) is 11.9 Å². The van der Waals surface area contributed by atoms with E-state index in [-0.39, 0.29) is 5.91 Å². The number of nitrogens with one attached hydrogen (secondary N) is 1. The average molecular weight is 347 g/mol. The van der Waals surface area contributed by atoms with Crippen molar-refractivity contribution in [2.24, 2.45) is 5.92 Å². The summed E-state index contributed by atoms with van der Waals surface area (Å²) in [4.78, 5) is 12.1. The van der Waals surface area contributed by atoms with E-state index in [0.29, 0.717) is 23.0 Å². The Balaban J connectivity index is 2.61. The summed E-state index contributed by atoms with van der Waals surface area (Å²) >= 11 is 9.62. The summed E-state index contributed by atoms with van der Waals surface area (Å²) in [5.74, 6) is 0.446. The quantitative estimate of drug-likeness (QED) is 0.719. The van der Waals surface area contributed by atoms with Crippen LogP contribution < -0.4 is 5.32 Å². The van der Waals surface area contributed by atoms with Gasteiger partial charge in [-0.15, -0.1) is 0 Å². The molecule has 1 aromatic rings. The first-order valence-corrected chi connectivity index (χ1v) is 8.19. The lowest BCUT2D eigenvalue weighted by molar-refractivity contribution is 0.0946. The summed E-state index contributed by atoms with van der Waals surface area (Å²) in [7, 11) is 0. The van der Waals surface area contributed by atoms with Crippen molar-refractivity contribution in [2.75, 3.05) is 11.9 Å². The largest absolute Gasteiger partial charge is 0.352 e. The molecule has 0 fully saturated rings. The van der Waals surface area contributed by atoms with Crippen LogP contribution in [-0.2, 0) is 0 Å². The van der Waals surface area contributed by atoms with Crippen LogP contribution >= 0.6 is 27.5 Å². The van der Waals surface area contributed by atoms with E-state index in [1.54, 1.807) is 6.07 Å². The molecule has 0 saturated heterocycles. The third-order valence-corrected chi connectivity index (χ3v) is 4.16. The maximum absolute atomic E-state index is 12.1. The molecule has 0 aliphatic heterocycles. The van der Waals surface area contributed by atoms with Crippen LogP contribution in [0.15, 0.2) is 18.2 Å². The fraction of sp³-hybridized carbons (Fsp3) is 0.533. The van der Waals surface area contributed by atoms with Gasteiger partial charge >= 0.3 is 0 Å². The maximum Gasteiger partial charge on any atom is 0.252 e. The zero-order chi connectivity index (χ0) is 14.3. The average Bonchev–Trinajstić information content (AvgIpc) is 2.39. The Hall–Kier alpha value is -0.540. The molecule has 0 aromatic heterocycles. The first-order valence-electron chi connectivity index (χ1n) is 6.69. The van der Waals surface area contributed by atoms with Crippen molar-refractivity contribution >= 4 is 33.4 Å². The lowest BCUT2D eigenvalue weighted by atomic mass is 10.0. The molecule has 106 valence electrons. The summed E-state index contributed by atoms with van der Waals surface area (Å²) in [6.07, 6.45) is 3.35. The van der Waals surface area contributed by atoms with Crippen LogP contribution in [0.25, 0.3) is 0 Å². The second-order valence-corrected chi connectivity index (χ2v) is 5.95. The number of carbonyl (C=O) groups is 1. The topological polar surface area (TPSA) is 29.1 Å². The van der Waals surface area contributed by atoms with E-state index < -0.39 is 0 Å². The van der Waals surface area contributed by atoms with Gasteiger partial charge in [0.25, 0.3) is 5.91 Å². The number of hydrogen-bond acceptors (Lipinski definition) is 1. The number of alkyl halides is 1. The van der Waals surface area contributed by atoms with Gasteiger partial charge < -0.3 is 5.32 Å². The normalized spacial score (nSPS) is 12.2. The second-order valence-electron chi connectivity index (χ2n) is 4.78. The number of aryl methyl sites for hydroxylation is 1. The molecule has 0 aliphatic rings. The Labute approximate surface area is 129 Å². The van der Waals surface area contributed by atoms with Crippen LogP contribution in [0.3, 0.4) is 0 Å². The Morgan fingerprint density at radius 3 is 2.79 bits per heavy atom.